The molecule has 32 heavy (non-hydrogen) atoms. The molecule has 0 bridgehead atoms. The monoisotopic (exact) mass is 438 g/mol. The number of carbonyl (C=O) groups excluding carboxylic acids is 1. The summed E-state index contributed by atoms with van der Waals surface area (Å²) in [5.74, 6) is 1.81. The van der Waals surface area contributed by atoms with E-state index in [0.717, 1.165) is 30.0 Å². The number of carbonyl (C=O) groups is 1. The molecule has 2 aromatic carbocycles. The van der Waals surface area contributed by atoms with Crippen LogP contribution in [-0.4, -0.2) is 65.9 Å². The Kier molecular flexibility index (Phi) is 5.98. The van der Waals surface area contributed by atoms with Crippen LogP contribution >= 0.6 is 0 Å². The number of ether oxygens (including phenoxy) is 1. The highest BCUT2D eigenvalue weighted by Crippen LogP contribution is 2.34. The quantitative estimate of drug-likeness (QED) is 0.610. The standard InChI is InChI=1S/C23H27FN6O2/c1-16(31)29-11-13-30(14-12-29)19-9-10-20(21(15-19)32-4)22-25-26-23(28(22)3)27(2)18-7-5-17(24)6-8-18/h5-10,15H,11-14H2,1-4H3. The topological polar surface area (TPSA) is 66.7 Å². The maximum atomic E-state index is 13.3. The van der Waals surface area contributed by atoms with E-state index in [1.54, 1.807) is 26.2 Å². The fourth-order valence-electron chi connectivity index (χ4n) is 3.97. The van der Waals surface area contributed by atoms with Crippen molar-refractivity contribution < 1.29 is 13.9 Å². The first-order chi connectivity index (χ1) is 15.4. The average molecular weight is 439 g/mol. The van der Waals surface area contributed by atoms with Gasteiger partial charge < -0.3 is 19.4 Å². The number of anilines is 3. The SMILES string of the molecule is COc1cc(N2CCN(C(C)=O)CC2)ccc1-c1nnc(N(C)c2ccc(F)cc2)n1C. The predicted octanol–water partition coefficient (Wildman–Crippen LogP) is 3.07. The van der Waals surface area contributed by atoms with Crippen LogP contribution in [-0.2, 0) is 11.8 Å². The molecule has 168 valence electrons. The van der Waals surface area contributed by atoms with Gasteiger partial charge in [0.25, 0.3) is 0 Å². The van der Waals surface area contributed by atoms with Crippen LogP contribution in [0.15, 0.2) is 42.5 Å². The van der Waals surface area contributed by atoms with Crippen LogP contribution in [0.3, 0.4) is 0 Å². The van der Waals surface area contributed by atoms with Gasteiger partial charge in [-0.25, -0.2) is 4.39 Å². The summed E-state index contributed by atoms with van der Waals surface area (Å²) >= 11 is 0. The lowest BCUT2D eigenvalue weighted by molar-refractivity contribution is -0.129. The minimum Gasteiger partial charge on any atom is -0.496 e. The lowest BCUT2D eigenvalue weighted by atomic mass is 10.1. The molecule has 4 rings (SSSR count). The van der Waals surface area contributed by atoms with E-state index in [9.17, 15) is 9.18 Å². The van der Waals surface area contributed by atoms with Crippen LogP contribution in [0.25, 0.3) is 11.4 Å². The summed E-state index contributed by atoms with van der Waals surface area (Å²) < 4.78 is 20.8. The van der Waals surface area contributed by atoms with Crippen molar-refractivity contribution in [3.05, 3.63) is 48.3 Å². The van der Waals surface area contributed by atoms with E-state index in [1.807, 2.05) is 46.7 Å². The highest BCUT2D eigenvalue weighted by molar-refractivity contribution is 5.74. The van der Waals surface area contributed by atoms with E-state index >= 15 is 0 Å². The van der Waals surface area contributed by atoms with Gasteiger partial charge in [-0.3, -0.25) is 9.36 Å². The second-order valence-corrected chi connectivity index (χ2v) is 7.80. The summed E-state index contributed by atoms with van der Waals surface area (Å²) in [6.07, 6.45) is 0. The second kappa shape index (κ2) is 8.86. The van der Waals surface area contributed by atoms with Crippen molar-refractivity contribution in [3.8, 4) is 17.1 Å². The maximum absolute atomic E-state index is 13.3. The van der Waals surface area contributed by atoms with Gasteiger partial charge in [-0.05, 0) is 36.4 Å². The molecule has 0 radical (unpaired) electrons. The number of amides is 1. The number of hydrogen-bond acceptors (Lipinski definition) is 6. The number of piperazine rings is 1. The van der Waals surface area contributed by atoms with Crippen LogP contribution in [0.4, 0.5) is 21.7 Å². The van der Waals surface area contributed by atoms with Gasteiger partial charge in [0.15, 0.2) is 5.82 Å². The summed E-state index contributed by atoms with van der Waals surface area (Å²) in [6, 6.07) is 12.3. The molecular weight excluding hydrogens is 411 g/mol. The highest BCUT2D eigenvalue weighted by Gasteiger charge is 2.22. The molecule has 1 aliphatic rings. The second-order valence-electron chi connectivity index (χ2n) is 7.80. The van der Waals surface area contributed by atoms with Crippen molar-refractivity contribution in [3.63, 3.8) is 0 Å². The van der Waals surface area contributed by atoms with E-state index in [0.29, 0.717) is 30.6 Å². The summed E-state index contributed by atoms with van der Waals surface area (Å²) in [5, 5.41) is 8.73. The lowest BCUT2D eigenvalue weighted by Crippen LogP contribution is -2.48. The summed E-state index contributed by atoms with van der Waals surface area (Å²) in [4.78, 5) is 17.5. The first-order valence-corrected chi connectivity index (χ1v) is 10.5. The van der Waals surface area contributed by atoms with Gasteiger partial charge in [0, 0.05) is 64.6 Å². The number of halogens is 1. The Labute approximate surface area is 186 Å². The van der Waals surface area contributed by atoms with Crippen molar-refractivity contribution in [2.24, 2.45) is 7.05 Å². The number of benzene rings is 2. The Morgan fingerprint density at radius 2 is 1.75 bits per heavy atom. The van der Waals surface area contributed by atoms with Gasteiger partial charge in [-0.1, -0.05) is 0 Å². The van der Waals surface area contributed by atoms with Crippen LogP contribution in [0.1, 0.15) is 6.92 Å². The molecule has 8 nitrogen and oxygen atoms in total. The van der Waals surface area contributed by atoms with E-state index in [-0.39, 0.29) is 11.7 Å². The first-order valence-electron chi connectivity index (χ1n) is 10.5. The zero-order valence-corrected chi connectivity index (χ0v) is 18.7. The fourth-order valence-corrected chi connectivity index (χ4v) is 3.97. The Morgan fingerprint density at radius 1 is 1.06 bits per heavy atom. The molecule has 2 heterocycles. The molecule has 0 saturated carbocycles. The van der Waals surface area contributed by atoms with Crippen molar-refractivity contribution in [2.75, 3.05) is 50.1 Å². The zero-order chi connectivity index (χ0) is 22.8. The number of hydrogen-bond donors (Lipinski definition) is 0. The van der Waals surface area contributed by atoms with Crippen LogP contribution in [0, 0.1) is 5.82 Å². The Bertz CT molecular complexity index is 1110. The third kappa shape index (κ3) is 4.10. The number of methoxy groups -OCH3 is 1. The number of nitrogens with zero attached hydrogens (tertiary/aromatic N) is 6. The lowest BCUT2D eigenvalue weighted by Gasteiger charge is -2.35. The van der Waals surface area contributed by atoms with Gasteiger partial charge >= 0.3 is 0 Å². The molecule has 9 heteroatoms. The van der Waals surface area contributed by atoms with Crippen molar-refractivity contribution in [2.45, 2.75) is 6.92 Å². The fraction of sp³-hybridized carbons (Fsp3) is 0.348. The van der Waals surface area contributed by atoms with Gasteiger partial charge in [0.1, 0.15) is 11.6 Å². The van der Waals surface area contributed by atoms with Gasteiger partial charge in [-0.2, -0.15) is 0 Å². The molecular formula is C23H27FN6O2. The summed E-state index contributed by atoms with van der Waals surface area (Å²) in [6.45, 7) is 4.58. The van der Waals surface area contributed by atoms with Crippen LogP contribution in [0.5, 0.6) is 5.75 Å². The first kappa shape index (κ1) is 21.6. The molecule has 1 aromatic heterocycles. The van der Waals surface area contributed by atoms with Crippen LogP contribution in [0.2, 0.25) is 0 Å². The Morgan fingerprint density at radius 3 is 2.38 bits per heavy atom. The van der Waals surface area contributed by atoms with Gasteiger partial charge in [0.2, 0.25) is 11.9 Å². The third-order valence-electron chi connectivity index (χ3n) is 5.88. The largest absolute Gasteiger partial charge is 0.496 e. The molecule has 3 aromatic rings. The molecule has 0 spiro atoms. The van der Waals surface area contributed by atoms with Crippen molar-refractivity contribution in [1.82, 2.24) is 19.7 Å². The highest BCUT2D eigenvalue weighted by atomic mass is 19.1. The average Bonchev–Trinajstić information content (AvgIpc) is 3.19. The molecule has 0 aliphatic carbocycles. The minimum absolute atomic E-state index is 0.112. The maximum Gasteiger partial charge on any atom is 0.231 e. The van der Waals surface area contributed by atoms with E-state index in [4.69, 9.17) is 4.74 Å². The van der Waals surface area contributed by atoms with Gasteiger partial charge in [-0.15, -0.1) is 10.2 Å². The molecule has 0 unspecified atom stereocenters. The smallest absolute Gasteiger partial charge is 0.231 e. The zero-order valence-electron chi connectivity index (χ0n) is 18.7. The molecule has 1 saturated heterocycles. The van der Waals surface area contributed by atoms with Crippen LogP contribution < -0.4 is 14.5 Å². The number of rotatable bonds is 5. The van der Waals surface area contributed by atoms with E-state index in [2.05, 4.69) is 15.1 Å². The Balaban J connectivity index is 1.59. The molecule has 1 aliphatic heterocycles. The third-order valence-corrected chi connectivity index (χ3v) is 5.88. The predicted molar refractivity (Wildman–Crippen MR) is 122 cm³/mol. The minimum atomic E-state index is -0.284. The Hall–Kier alpha value is -3.62. The normalized spacial score (nSPS) is 13.9. The molecule has 1 amide bonds. The molecule has 1 fully saturated rings. The van der Waals surface area contributed by atoms with Gasteiger partial charge in [0.05, 0.1) is 12.7 Å². The van der Waals surface area contributed by atoms with E-state index in [1.165, 1.54) is 12.1 Å². The van der Waals surface area contributed by atoms with Crippen molar-refractivity contribution >= 4 is 23.2 Å². The molecule has 0 N–H and O–H groups in total. The van der Waals surface area contributed by atoms with E-state index < -0.39 is 0 Å². The number of aromatic nitrogens is 3. The summed E-state index contributed by atoms with van der Waals surface area (Å²) in [7, 11) is 5.39. The van der Waals surface area contributed by atoms with Crippen molar-refractivity contribution in [1.29, 1.82) is 0 Å². The summed E-state index contributed by atoms with van der Waals surface area (Å²) in [5.41, 5.74) is 2.67. The molecule has 0 atom stereocenters.